The van der Waals surface area contributed by atoms with Crippen molar-refractivity contribution in [3.63, 3.8) is 0 Å². The van der Waals surface area contributed by atoms with Crippen LogP contribution in [0.15, 0.2) is 40.9 Å². The number of benzene rings is 2. The molecule has 2 aromatic rings. The quantitative estimate of drug-likeness (QED) is 0.768. The molecule has 0 bridgehead atoms. The normalized spacial score (nSPS) is 13.5. The summed E-state index contributed by atoms with van der Waals surface area (Å²) in [4.78, 5) is 26.6. The summed E-state index contributed by atoms with van der Waals surface area (Å²) in [5, 5.41) is 2.73. The maximum atomic E-state index is 13.8. The molecule has 142 valence electrons. The van der Waals surface area contributed by atoms with Gasteiger partial charge in [-0.05, 0) is 55.7 Å². The number of halogens is 2. The van der Waals surface area contributed by atoms with Crippen LogP contribution in [0.4, 0.5) is 10.1 Å². The van der Waals surface area contributed by atoms with Crippen molar-refractivity contribution in [2.24, 2.45) is 0 Å². The highest BCUT2D eigenvalue weighted by Crippen LogP contribution is 2.23. The lowest BCUT2D eigenvalue weighted by Gasteiger charge is -2.18. The average molecular weight is 435 g/mol. The fourth-order valence-electron chi connectivity index (χ4n) is 3.02. The summed E-state index contributed by atoms with van der Waals surface area (Å²) in [5.74, 6) is -0.991. The van der Waals surface area contributed by atoms with Crippen molar-refractivity contribution in [3.8, 4) is 5.75 Å². The molecule has 27 heavy (non-hydrogen) atoms. The number of likely N-dealkylation sites (tertiary alicyclic amines) is 1. The molecule has 7 heteroatoms. The van der Waals surface area contributed by atoms with Crippen molar-refractivity contribution in [2.75, 3.05) is 25.0 Å². The highest BCUT2D eigenvalue weighted by molar-refractivity contribution is 9.10. The van der Waals surface area contributed by atoms with E-state index in [1.165, 1.54) is 12.1 Å². The second-order valence-corrected chi connectivity index (χ2v) is 7.30. The van der Waals surface area contributed by atoms with E-state index < -0.39 is 11.7 Å². The Bertz CT molecular complexity index is 866. The third-order valence-electron chi connectivity index (χ3n) is 4.48. The molecule has 0 saturated carbocycles. The minimum Gasteiger partial charge on any atom is -0.481 e. The van der Waals surface area contributed by atoms with Gasteiger partial charge >= 0.3 is 0 Å². The van der Waals surface area contributed by atoms with Crippen LogP contribution in [-0.2, 0) is 4.79 Å². The summed E-state index contributed by atoms with van der Waals surface area (Å²) in [6.07, 6.45) is 2.04. The van der Waals surface area contributed by atoms with Crippen LogP contribution in [-0.4, -0.2) is 36.4 Å². The second kappa shape index (κ2) is 8.52. The number of hydrogen-bond acceptors (Lipinski definition) is 3. The van der Waals surface area contributed by atoms with Crippen molar-refractivity contribution in [3.05, 3.63) is 57.8 Å². The van der Waals surface area contributed by atoms with E-state index in [2.05, 4.69) is 21.2 Å². The number of rotatable bonds is 5. The molecular weight excluding hydrogens is 415 g/mol. The van der Waals surface area contributed by atoms with Crippen molar-refractivity contribution >= 4 is 33.4 Å². The SMILES string of the molecule is Cc1c(NC(=O)COc2ccc(Br)cc2F)cccc1C(=O)N1CCCC1. The fraction of sp³-hybridized carbons (Fsp3) is 0.300. The molecule has 1 N–H and O–H groups in total. The molecule has 1 saturated heterocycles. The van der Waals surface area contributed by atoms with E-state index in [1.807, 2.05) is 4.90 Å². The van der Waals surface area contributed by atoms with E-state index in [4.69, 9.17) is 4.74 Å². The van der Waals surface area contributed by atoms with E-state index in [1.54, 1.807) is 31.2 Å². The van der Waals surface area contributed by atoms with Crippen LogP contribution in [0, 0.1) is 12.7 Å². The number of carbonyl (C=O) groups excluding carboxylic acids is 2. The lowest BCUT2D eigenvalue weighted by atomic mass is 10.1. The molecular formula is C20H20BrFN2O3. The van der Waals surface area contributed by atoms with Gasteiger partial charge in [-0.1, -0.05) is 22.0 Å². The first kappa shape index (κ1) is 19.4. The second-order valence-electron chi connectivity index (χ2n) is 6.39. The maximum absolute atomic E-state index is 13.8. The largest absolute Gasteiger partial charge is 0.481 e. The van der Waals surface area contributed by atoms with Crippen LogP contribution in [0.1, 0.15) is 28.8 Å². The summed E-state index contributed by atoms with van der Waals surface area (Å²) in [5.41, 5.74) is 1.83. The summed E-state index contributed by atoms with van der Waals surface area (Å²) in [6.45, 7) is 3.00. The fourth-order valence-corrected chi connectivity index (χ4v) is 3.35. The minimum absolute atomic E-state index is 0.00281. The van der Waals surface area contributed by atoms with Crippen molar-refractivity contribution in [1.82, 2.24) is 4.90 Å². The van der Waals surface area contributed by atoms with Gasteiger partial charge in [0.05, 0.1) is 0 Å². The molecule has 0 atom stereocenters. The molecule has 1 aliphatic rings. The predicted octanol–water partition coefficient (Wildman–Crippen LogP) is 4.15. The first-order valence-corrected chi connectivity index (χ1v) is 9.51. The van der Waals surface area contributed by atoms with Gasteiger partial charge in [0, 0.05) is 28.8 Å². The zero-order valence-electron chi connectivity index (χ0n) is 14.9. The number of anilines is 1. The Kier molecular flexibility index (Phi) is 6.11. The van der Waals surface area contributed by atoms with Gasteiger partial charge in [0.25, 0.3) is 11.8 Å². The Balaban J connectivity index is 1.65. The summed E-state index contributed by atoms with van der Waals surface area (Å²) >= 11 is 3.17. The molecule has 1 heterocycles. The third-order valence-corrected chi connectivity index (χ3v) is 4.98. The van der Waals surface area contributed by atoms with Crippen molar-refractivity contribution in [1.29, 1.82) is 0 Å². The van der Waals surface area contributed by atoms with Gasteiger partial charge in [0.15, 0.2) is 18.2 Å². The molecule has 3 rings (SSSR count). The zero-order chi connectivity index (χ0) is 19.4. The smallest absolute Gasteiger partial charge is 0.262 e. The molecule has 0 aromatic heterocycles. The van der Waals surface area contributed by atoms with Crippen LogP contribution in [0.5, 0.6) is 5.75 Å². The molecule has 0 aliphatic carbocycles. The van der Waals surface area contributed by atoms with Crippen molar-refractivity contribution < 1.29 is 18.7 Å². The number of ether oxygens (including phenoxy) is 1. The first-order chi connectivity index (χ1) is 13.0. The molecule has 0 radical (unpaired) electrons. The van der Waals surface area contributed by atoms with E-state index in [9.17, 15) is 14.0 Å². The lowest BCUT2D eigenvalue weighted by molar-refractivity contribution is -0.118. The average Bonchev–Trinajstić information content (AvgIpc) is 3.17. The maximum Gasteiger partial charge on any atom is 0.262 e. The number of carbonyl (C=O) groups is 2. The van der Waals surface area contributed by atoms with Gasteiger partial charge in [-0.3, -0.25) is 9.59 Å². The Labute approximate surface area is 165 Å². The molecule has 1 aliphatic heterocycles. The van der Waals surface area contributed by atoms with Crippen LogP contribution in [0.25, 0.3) is 0 Å². The van der Waals surface area contributed by atoms with E-state index in [0.29, 0.717) is 21.3 Å². The van der Waals surface area contributed by atoms with Crippen molar-refractivity contribution in [2.45, 2.75) is 19.8 Å². The van der Waals surface area contributed by atoms with E-state index in [-0.39, 0.29) is 18.3 Å². The Morgan fingerprint density at radius 1 is 1.22 bits per heavy atom. The summed E-state index contributed by atoms with van der Waals surface area (Å²) in [6, 6.07) is 9.58. The predicted molar refractivity (Wildman–Crippen MR) is 105 cm³/mol. The molecule has 0 spiro atoms. The first-order valence-electron chi connectivity index (χ1n) is 8.72. The monoisotopic (exact) mass is 434 g/mol. The Hall–Kier alpha value is -2.41. The number of nitrogens with zero attached hydrogens (tertiary/aromatic N) is 1. The molecule has 5 nitrogen and oxygen atoms in total. The zero-order valence-corrected chi connectivity index (χ0v) is 16.5. The minimum atomic E-state index is -0.549. The summed E-state index contributed by atoms with van der Waals surface area (Å²) < 4.78 is 19.6. The van der Waals surface area contributed by atoms with Crippen LogP contribution >= 0.6 is 15.9 Å². The van der Waals surface area contributed by atoms with Crippen LogP contribution < -0.4 is 10.1 Å². The standard InChI is InChI=1S/C20H20BrFN2O3/c1-13-15(20(26)24-9-2-3-10-24)5-4-6-17(13)23-19(25)12-27-18-8-7-14(21)11-16(18)22/h4-8,11H,2-3,9-10,12H2,1H3,(H,23,25). The number of hydrogen-bond donors (Lipinski definition) is 1. The molecule has 2 aromatic carbocycles. The van der Waals surface area contributed by atoms with Gasteiger partial charge < -0.3 is 15.0 Å². The Morgan fingerprint density at radius 2 is 1.96 bits per heavy atom. The number of amides is 2. The summed E-state index contributed by atoms with van der Waals surface area (Å²) in [7, 11) is 0. The van der Waals surface area contributed by atoms with Gasteiger partial charge in [0.1, 0.15) is 0 Å². The lowest BCUT2D eigenvalue weighted by Crippen LogP contribution is -2.28. The molecule has 2 amide bonds. The van der Waals surface area contributed by atoms with Gasteiger partial charge in [-0.15, -0.1) is 0 Å². The number of nitrogens with one attached hydrogen (secondary N) is 1. The van der Waals surface area contributed by atoms with E-state index in [0.717, 1.165) is 25.9 Å². The van der Waals surface area contributed by atoms with E-state index >= 15 is 0 Å². The highest BCUT2D eigenvalue weighted by atomic mass is 79.9. The molecule has 1 fully saturated rings. The Morgan fingerprint density at radius 3 is 2.67 bits per heavy atom. The molecule has 0 unspecified atom stereocenters. The van der Waals surface area contributed by atoms with Crippen LogP contribution in [0.3, 0.4) is 0 Å². The topological polar surface area (TPSA) is 58.6 Å². The highest BCUT2D eigenvalue weighted by Gasteiger charge is 2.22. The van der Waals surface area contributed by atoms with Gasteiger partial charge in [-0.25, -0.2) is 4.39 Å². The van der Waals surface area contributed by atoms with Gasteiger partial charge in [-0.2, -0.15) is 0 Å². The third kappa shape index (κ3) is 4.66. The van der Waals surface area contributed by atoms with Crippen LogP contribution in [0.2, 0.25) is 0 Å². The van der Waals surface area contributed by atoms with Gasteiger partial charge in [0.2, 0.25) is 0 Å².